The van der Waals surface area contributed by atoms with Crippen LogP contribution < -0.4 is 10.0 Å². The molecule has 14 heavy (non-hydrogen) atoms. The van der Waals surface area contributed by atoms with Gasteiger partial charge in [0.1, 0.15) is 0 Å². The van der Waals surface area contributed by atoms with Crippen LogP contribution in [0.15, 0.2) is 0 Å². The van der Waals surface area contributed by atoms with Crippen LogP contribution >= 0.6 is 0 Å². The van der Waals surface area contributed by atoms with E-state index in [0.29, 0.717) is 12.5 Å². The fourth-order valence-corrected chi connectivity index (χ4v) is 2.30. The first kappa shape index (κ1) is 11.9. The van der Waals surface area contributed by atoms with Crippen molar-refractivity contribution in [2.75, 3.05) is 19.6 Å². The van der Waals surface area contributed by atoms with Crippen molar-refractivity contribution in [1.82, 2.24) is 10.0 Å². The monoisotopic (exact) mass is 220 g/mol. The Morgan fingerprint density at radius 1 is 1.50 bits per heavy atom. The highest BCUT2D eigenvalue weighted by Gasteiger charge is 2.19. The molecule has 0 bridgehead atoms. The van der Waals surface area contributed by atoms with Gasteiger partial charge in [0.2, 0.25) is 10.0 Å². The van der Waals surface area contributed by atoms with Crippen LogP contribution in [-0.4, -0.2) is 33.3 Å². The molecule has 4 nitrogen and oxygen atoms in total. The third kappa shape index (κ3) is 3.55. The SMILES string of the molecule is CC(C)S(=O)(=O)NCC1CCCNC1. The van der Waals surface area contributed by atoms with E-state index in [1.807, 2.05) is 0 Å². The summed E-state index contributed by atoms with van der Waals surface area (Å²) in [6, 6.07) is 0. The maximum Gasteiger partial charge on any atom is 0.213 e. The van der Waals surface area contributed by atoms with E-state index >= 15 is 0 Å². The van der Waals surface area contributed by atoms with Gasteiger partial charge in [-0.2, -0.15) is 0 Å². The highest BCUT2D eigenvalue weighted by Crippen LogP contribution is 2.09. The van der Waals surface area contributed by atoms with Crippen molar-refractivity contribution < 1.29 is 8.42 Å². The third-order valence-electron chi connectivity index (χ3n) is 2.59. The number of nitrogens with one attached hydrogen (secondary N) is 2. The van der Waals surface area contributed by atoms with Crippen molar-refractivity contribution in [2.24, 2.45) is 5.92 Å². The maximum absolute atomic E-state index is 11.4. The standard InChI is InChI=1S/C9H20N2O2S/c1-8(2)14(12,13)11-7-9-4-3-5-10-6-9/h8-11H,3-7H2,1-2H3. The fourth-order valence-electron chi connectivity index (χ4n) is 1.50. The Bertz CT molecular complexity index is 256. The van der Waals surface area contributed by atoms with E-state index in [2.05, 4.69) is 10.0 Å². The minimum absolute atomic E-state index is 0.334. The van der Waals surface area contributed by atoms with Crippen LogP contribution in [0, 0.1) is 5.92 Å². The first-order valence-corrected chi connectivity index (χ1v) is 6.76. The lowest BCUT2D eigenvalue weighted by atomic mass is 10.0. The van der Waals surface area contributed by atoms with Crippen LogP contribution in [0.2, 0.25) is 0 Å². The van der Waals surface area contributed by atoms with Gasteiger partial charge in [-0.1, -0.05) is 0 Å². The molecule has 0 amide bonds. The van der Waals surface area contributed by atoms with Crippen LogP contribution in [-0.2, 0) is 10.0 Å². The van der Waals surface area contributed by atoms with Gasteiger partial charge in [-0.3, -0.25) is 0 Å². The van der Waals surface area contributed by atoms with Gasteiger partial charge in [0, 0.05) is 6.54 Å². The molecule has 84 valence electrons. The topological polar surface area (TPSA) is 58.2 Å². The van der Waals surface area contributed by atoms with Crippen molar-refractivity contribution in [3.63, 3.8) is 0 Å². The molecular weight excluding hydrogens is 200 g/mol. The van der Waals surface area contributed by atoms with Crippen molar-refractivity contribution in [3.8, 4) is 0 Å². The predicted octanol–water partition coefficient (Wildman–Crippen LogP) is 0.314. The van der Waals surface area contributed by atoms with E-state index in [-0.39, 0.29) is 5.25 Å². The molecule has 0 aromatic carbocycles. The molecule has 1 aliphatic heterocycles. The van der Waals surface area contributed by atoms with Crippen LogP contribution in [0.25, 0.3) is 0 Å². The lowest BCUT2D eigenvalue weighted by Crippen LogP contribution is -2.40. The second-order valence-electron chi connectivity index (χ2n) is 4.15. The molecule has 0 aromatic heterocycles. The second-order valence-corrected chi connectivity index (χ2v) is 6.48. The lowest BCUT2D eigenvalue weighted by molar-refractivity contribution is 0.375. The van der Waals surface area contributed by atoms with Gasteiger partial charge in [-0.25, -0.2) is 13.1 Å². The van der Waals surface area contributed by atoms with Gasteiger partial charge in [0.05, 0.1) is 5.25 Å². The zero-order chi connectivity index (χ0) is 10.6. The lowest BCUT2D eigenvalue weighted by Gasteiger charge is -2.23. The largest absolute Gasteiger partial charge is 0.316 e. The zero-order valence-corrected chi connectivity index (χ0v) is 9.73. The average Bonchev–Trinajstić information content (AvgIpc) is 2.16. The molecule has 0 saturated carbocycles. The molecule has 1 rings (SSSR count). The van der Waals surface area contributed by atoms with Crippen molar-refractivity contribution in [1.29, 1.82) is 0 Å². The minimum atomic E-state index is -3.08. The second kappa shape index (κ2) is 5.09. The Hall–Kier alpha value is -0.130. The molecule has 0 aromatic rings. The van der Waals surface area contributed by atoms with E-state index in [1.54, 1.807) is 13.8 Å². The van der Waals surface area contributed by atoms with Crippen LogP contribution in [0.1, 0.15) is 26.7 Å². The quantitative estimate of drug-likeness (QED) is 0.717. The van der Waals surface area contributed by atoms with E-state index < -0.39 is 10.0 Å². The summed E-state index contributed by atoms with van der Waals surface area (Å²) < 4.78 is 25.5. The number of rotatable bonds is 4. The van der Waals surface area contributed by atoms with Crippen LogP contribution in [0.5, 0.6) is 0 Å². The number of hydrogen-bond acceptors (Lipinski definition) is 3. The summed E-state index contributed by atoms with van der Waals surface area (Å²) in [6.45, 7) is 5.96. The van der Waals surface area contributed by atoms with Gasteiger partial charge in [0.25, 0.3) is 0 Å². The fraction of sp³-hybridized carbons (Fsp3) is 1.00. The summed E-state index contributed by atoms with van der Waals surface area (Å²) >= 11 is 0. The van der Waals surface area contributed by atoms with Gasteiger partial charge in [-0.05, 0) is 45.7 Å². The molecule has 0 spiro atoms. The molecule has 1 aliphatic rings. The summed E-state index contributed by atoms with van der Waals surface area (Å²) in [4.78, 5) is 0. The Labute approximate surface area is 86.5 Å². The van der Waals surface area contributed by atoms with E-state index in [4.69, 9.17) is 0 Å². The van der Waals surface area contributed by atoms with E-state index in [1.165, 1.54) is 0 Å². The first-order valence-electron chi connectivity index (χ1n) is 5.21. The van der Waals surface area contributed by atoms with Gasteiger partial charge >= 0.3 is 0 Å². The first-order chi connectivity index (χ1) is 6.52. The minimum Gasteiger partial charge on any atom is -0.316 e. The molecule has 5 heteroatoms. The maximum atomic E-state index is 11.4. The molecule has 1 saturated heterocycles. The molecular formula is C9H20N2O2S. The molecule has 1 unspecified atom stereocenters. The van der Waals surface area contributed by atoms with Crippen LogP contribution in [0.4, 0.5) is 0 Å². The molecule has 2 N–H and O–H groups in total. The van der Waals surface area contributed by atoms with Gasteiger partial charge < -0.3 is 5.32 Å². The summed E-state index contributed by atoms with van der Waals surface area (Å²) in [5, 5.41) is 2.93. The Morgan fingerprint density at radius 3 is 2.71 bits per heavy atom. The number of piperidine rings is 1. The summed E-state index contributed by atoms with van der Waals surface area (Å²) in [7, 11) is -3.08. The normalized spacial score (nSPS) is 24.1. The van der Waals surface area contributed by atoms with Crippen LogP contribution in [0.3, 0.4) is 0 Å². The Kier molecular flexibility index (Phi) is 4.34. The summed E-state index contributed by atoms with van der Waals surface area (Å²) in [6.07, 6.45) is 2.27. The van der Waals surface area contributed by atoms with Crippen molar-refractivity contribution >= 4 is 10.0 Å². The number of sulfonamides is 1. The Morgan fingerprint density at radius 2 is 2.21 bits per heavy atom. The zero-order valence-electron chi connectivity index (χ0n) is 8.91. The van der Waals surface area contributed by atoms with Crippen molar-refractivity contribution in [2.45, 2.75) is 31.9 Å². The molecule has 0 radical (unpaired) electrons. The Balaban J connectivity index is 2.32. The predicted molar refractivity (Wildman–Crippen MR) is 57.7 cm³/mol. The average molecular weight is 220 g/mol. The van der Waals surface area contributed by atoms with Crippen molar-refractivity contribution in [3.05, 3.63) is 0 Å². The van der Waals surface area contributed by atoms with E-state index in [9.17, 15) is 8.42 Å². The van der Waals surface area contributed by atoms with Gasteiger partial charge in [0.15, 0.2) is 0 Å². The third-order valence-corrected chi connectivity index (χ3v) is 4.40. The highest BCUT2D eigenvalue weighted by atomic mass is 32.2. The number of hydrogen-bond donors (Lipinski definition) is 2. The highest BCUT2D eigenvalue weighted by molar-refractivity contribution is 7.90. The summed E-state index contributed by atoms with van der Waals surface area (Å²) in [5.41, 5.74) is 0. The van der Waals surface area contributed by atoms with Gasteiger partial charge in [-0.15, -0.1) is 0 Å². The smallest absolute Gasteiger partial charge is 0.213 e. The molecule has 0 aliphatic carbocycles. The van der Waals surface area contributed by atoms with E-state index in [0.717, 1.165) is 25.9 Å². The molecule has 1 heterocycles. The molecule has 1 fully saturated rings. The molecule has 1 atom stereocenters. The summed E-state index contributed by atoms with van der Waals surface area (Å²) in [5.74, 6) is 0.456.